The Kier molecular flexibility index (Phi) is 7.55. The van der Waals surface area contributed by atoms with Crippen LogP contribution in [0.2, 0.25) is 10.2 Å². The Morgan fingerprint density at radius 1 is 1.07 bits per heavy atom. The van der Waals surface area contributed by atoms with Crippen LogP contribution in [0.1, 0.15) is 47.6 Å². The minimum Gasteiger partial charge on any atom is -0.388 e. The standard InChI is InChI=1S/C32H33Cl2N5O4/c33-23-7-3-22(4-8-23)30(40)37-13-11-32(42,12-14-37)18-38-19-36-29-25(31(38)41)15-28(34)39(29)24-9-5-20(6-10-24)26-17-43-27(16-35-26)21-1-2-21/h3-10,15,19,21,26-27,35,42H,1-2,11-14,16-18H2/t26-,27+/m1/s1. The van der Waals surface area contributed by atoms with Crippen LogP contribution in [0.3, 0.4) is 0 Å². The number of likely N-dealkylation sites (tertiary alicyclic amines) is 1. The van der Waals surface area contributed by atoms with Crippen LogP contribution in [0.15, 0.2) is 65.7 Å². The first-order chi connectivity index (χ1) is 20.8. The molecule has 43 heavy (non-hydrogen) atoms. The topological polar surface area (TPSA) is 102 Å². The summed E-state index contributed by atoms with van der Waals surface area (Å²) in [4.78, 5) is 32.7. The highest BCUT2D eigenvalue weighted by Gasteiger charge is 2.36. The summed E-state index contributed by atoms with van der Waals surface area (Å²) in [6.45, 7) is 2.36. The maximum absolute atomic E-state index is 13.5. The molecule has 2 saturated heterocycles. The number of carbonyl (C=O) groups excluding carboxylic acids is 1. The average molecular weight is 623 g/mol. The summed E-state index contributed by atoms with van der Waals surface area (Å²) in [6.07, 6.45) is 5.01. The molecule has 4 aromatic rings. The van der Waals surface area contributed by atoms with Crippen molar-refractivity contribution in [3.8, 4) is 5.69 Å². The van der Waals surface area contributed by atoms with Gasteiger partial charge in [0.15, 0.2) is 5.65 Å². The number of aromatic nitrogens is 3. The Bertz CT molecular complexity index is 1700. The molecule has 0 radical (unpaired) electrons. The molecule has 9 nitrogen and oxygen atoms in total. The van der Waals surface area contributed by atoms with E-state index >= 15 is 0 Å². The van der Waals surface area contributed by atoms with E-state index in [2.05, 4.69) is 22.4 Å². The molecule has 3 aliphatic rings. The first-order valence-corrected chi connectivity index (χ1v) is 15.5. The fourth-order valence-corrected chi connectivity index (χ4v) is 6.67. The van der Waals surface area contributed by atoms with Crippen molar-refractivity contribution in [2.45, 2.75) is 50.0 Å². The summed E-state index contributed by atoms with van der Waals surface area (Å²) in [7, 11) is 0. The maximum atomic E-state index is 13.5. The highest BCUT2D eigenvalue weighted by Crippen LogP contribution is 2.36. The Labute approximate surface area is 259 Å². The van der Waals surface area contributed by atoms with Gasteiger partial charge in [0.1, 0.15) is 11.5 Å². The molecule has 1 aliphatic carbocycles. The Hall–Kier alpha value is -3.21. The fraction of sp³-hybridized carbons (Fsp3) is 0.406. The number of nitrogens with one attached hydrogen (secondary N) is 1. The Morgan fingerprint density at radius 3 is 2.44 bits per heavy atom. The van der Waals surface area contributed by atoms with Crippen molar-refractivity contribution in [1.29, 1.82) is 0 Å². The second-order valence-electron chi connectivity index (χ2n) is 12.0. The van der Waals surface area contributed by atoms with Crippen LogP contribution in [-0.2, 0) is 11.3 Å². The lowest BCUT2D eigenvalue weighted by Gasteiger charge is -2.38. The van der Waals surface area contributed by atoms with Crippen LogP contribution in [0, 0.1) is 5.92 Å². The minimum atomic E-state index is -1.15. The molecule has 3 fully saturated rings. The van der Waals surface area contributed by atoms with E-state index in [1.54, 1.807) is 39.8 Å². The van der Waals surface area contributed by atoms with Crippen molar-refractivity contribution in [3.63, 3.8) is 0 Å². The summed E-state index contributed by atoms with van der Waals surface area (Å²) in [5, 5.41) is 16.3. The van der Waals surface area contributed by atoms with E-state index in [0.717, 1.165) is 17.8 Å². The van der Waals surface area contributed by atoms with Gasteiger partial charge in [0.05, 0.1) is 36.3 Å². The lowest BCUT2D eigenvalue weighted by molar-refractivity contribution is -0.0299. The Balaban J connectivity index is 1.04. The van der Waals surface area contributed by atoms with Gasteiger partial charge in [-0.25, -0.2) is 4.98 Å². The molecule has 224 valence electrons. The number of benzene rings is 2. The summed E-state index contributed by atoms with van der Waals surface area (Å²) < 4.78 is 9.29. The van der Waals surface area contributed by atoms with E-state index in [1.807, 2.05) is 12.1 Å². The third-order valence-corrected chi connectivity index (χ3v) is 9.55. The normalized spacial score (nSPS) is 22.2. The van der Waals surface area contributed by atoms with Gasteiger partial charge in [-0.2, -0.15) is 0 Å². The van der Waals surface area contributed by atoms with Crippen molar-refractivity contribution in [2.75, 3.05) is 26.2 Å². The second-order valence-corrected chi connectivity index (χ2v) is 12.8. The average Bonchev–Trinajstić information content (AvgIpc) is 3.81. The highest BCUT2D eigenvalue weighted by atomic mass is 35.5. The number of rotatable bonds is 6. The SMILES string of the molecule is O=C(c1ccc(Cl)cc1)N1CCC(O)(Cn2cnc3c(cc(Cl)n3-c3ccc([C@H]4CO[C@H](C5CC5)CN4)cc3)c2=O)CC1. The molecule has 2 aromatic carbocycles. The molecule has 0 unspecified atom stereocenters. The third-order valence-electron chi connectivity index (χ3n) is 9.02. The van der Waals surface area contributed by atoms with Gasteiger partial charge in [-0.1, -0.05) is 35.3 Å². The van der Waals surface area contributed by atoms with E-state index in [1.165, 1.54) is 23.7 Å². The zero-order valence-corrected chi connectivity index (χ0v) is 25.1. The fourth-order valence-electron chi connectivity index (χ4n) is 6.26. The highest BCUT2D eigenvalue weighted by molar-refractivity contribution is 6.31. The largest absolute Gasteiger partial charge is 0.388 e. The molecular formula is C32H33Cl2N5O4. The van der Waals surface area contributed by atoms with Crippen LogP contribution in [0.4, 0.5) is 0 Å². The van der Waals surface area contributed by atoms with E-state index < -0.39 is 5.60 Å². The van der Waals surface area contributed by atoms with Crippen LogP contribution in [0.25, 0.3) is 16.7 Å². The van der Waals surface area contributed by atoms with Crippen LogP contribution in [-0.4, -0.2) is 68.0 Å². The lowest BCUT2D eigenvalue weighted by atomic mass is 9.91. The first-order valence-electron chi connectivity index (χ1n) is 14.8. The third kappa shape index (κ3) is 5.72. The van der Waals surface area contributed by atoms with E-state index in [4.69, 9.17) is 27.9 Å². The molecule has 2 atom stereocenters. The summed E-state index contributed by atoms with van der Waals surface area (Å²) in [5.74, 6) is 0.609. The molecule has 11 heteroatoms. The van der Waals surface area contributed by atoms with Crippen molar-refractivity contribution >= 4 is 40.1 Å². The van der Waals surface area contributed by atoms with E-state index in [-0.39, 0.29) is 24.1 Å². The predicted molar refractivity (Wildman–Crippen MR) is 165 cm³/mol. The zero-order valence-electron chi connectivity index (χ0n) is 23.6. The molecule has 2 N–H and O–H groups in total. The van der Waals surface area contributed by atoms with Crippen LogP contribution < -0.4 is 10.9 Å². The van der Waals surface area contributed by atoms with Gasteiger partial charge < -0.3 is 20.1 Å². The van der Waals surface area contributed by atoms with Crippen molar-refractivity contribution < 1.29 is 14.6 Å². The summed E-state index contributed by atoms with van der Waals surface area (Å²) >= 11 is 12.6. The van der Waals surface area contributed by atoms with Crippen molar-refractivity contribution in [1.82, 2.24) is 24.3 Å². The molecule has 4 heterocycles. The quantitative estimate of drug-likeness (QED) is 0.326. The number of carbonyl (C=O) groups is 1. The van der Waals surface area contributed by atoms with Gasteiger partial charge in [0.25, 0.3) is 11.5 Å². The van der Waals surface area contributed by atoms with E-state index in [0.29, 0.717) is 71.3 Å². The number of ether oxygens (including phenoxy) is 1. The summed E-state index contributed by atoms with van der Waals surface area (Å²) in [6, 6.07) is 16.6. The Morgan fingerprint density at radius 2 is 1.79 bits per heavy atom. The lowest BCUT2D eigenvalue weighted by Crippen LogP contribution is -2.49. The number of aliphatic hydroxyl groups is 1. The van der Waals surface area contributed by atoms with Gasteiger partial charge >= 0.3 is 0 Å². The molecule has 1 amide bonds. The number of nitrogens with zero attached hydrogens (tertiary/aromatic N) is 4. The number of halogens is 2. The van der Waals surface area contributed by atoms with Gasteiger partial charge in [0.2, 0.25) is 0 Å². The molecule has 7 rings (SSSR count). The van der Waals surface area contributed by atoms with Gasteiger partial charge in [-0.05, 0) is 79.6 Å². The van der Waals surface area contributed by atoms with Crippen LogP contribution >= 0.6 is 23.2 Å². The van der Waals surface area contributed by atoms with Gasteiger partial charge in [-0.3, -0.25) is 18.7 Å². The smallest absolute Gasteiger partial charge is 0.262 e. The van der Waals surface area contributed by atoms with Crippen molar-refractivity contribution in [3.05, 3.63) is 92.6 Å². The number of hydrogen-bond donors (Lipinski definition) is 2. The summed E-state index contributed by atoms with van der Waals surface area (Å²) in [5.41, 5.74) is 1.53. The number of hydrogen-bond acceptors (Lipinski definition) is 6. The molecule has 0 bridgehead atoms. The number of amides is 1. The molecule has 1 saturated carbocycles. The predicted octanol–water partition coefficient (Wildman–Crippen LogP) is 4.60. The number of fused-ring (bicyclic) bond motifs is 1. The molecule has 0 spiro atoms. The molecule has 2 aromatic heterocycles. The molecule has 2 aliphatic heterocycles. The minimum absolute atomic E-state index is 0.0767. The van der Waals surface area contributed by atoms with Crippen LogP contribution in [0.5, 0.6) is 0 Å². The van der Waals surface area contributed by atoms with Crippen molar-refractivity contribution in [2.24, 2.45) is 5.92 Å². The second kappa shape index (κ2) is 11.4. The number of morpholine rings is 1. The van der Waals surface area contributed by atoms with E-state index in [9.17, 15) is 14.7 Å². The maximum Gasteiger partial charge on any atom is 0.262 e. The first kappa shape index (κ1) is 28.6. The molecular weight excluding hydrogens is 589 g/mol. The van der Waals surface area contributed by atoms with Gasteiger partial charge in [-0.15, -0.1) is 0 Å². The monoisotopic (exact) mass is 621 g/mol. The zero-order chi connectivity index (χ0) is 29.7. The number of piperidine rings is 1. The van der Waals surface area contributed by atoms with Gasteiger partial charge in [0, 0.05) is 35.9 Å².